The fourth-order valence-corrected chi connectivity index (χ4v) is 1.57. The van der Waals surface area contributed by atoms with Crippen LogP contribution in [0.1, 0.15) is 32.4 Å². The van der Waals surface area contributed by atoms with Crippen molar-refractivity contribution in [2.45, 2.75) is 26.8 Å². The van der Waals surface area contributed by atoms with Crippen LogP contribution in [-0.2, 0) is 0 Å². The second-order valence-electron chi connectivity index (χ2n) is 3.96. The molecule has 0 bridgehead atoms. The van der Waals surface area contributed by atoms with Crippen LogP contribution >= 0.6 is 15.9 Å². The molecule has 1 aromatic carbocycles. The van der Waals surface area contributed by atoms with Gasteiger partial charge in [0.2, 0.25) is 0 Å². The molecule has 1 nitrogen and oxygen atoms in total. The van der Waals surface area contributed by atoms with Crippen molar-refractivity contribution in [3.05, 3.63) is 46.0 Å². The first-order chi connectivity index (χ1) is 7.09. The molecule has 0 saturated carbocycles. The van der Waals surface area contributed by atoms with E-state index in [1.807, 2.05) is 0 Å². The van der Waals surface area contributed by atoms with Crippen molar-refractivity contribution in [1.82, 2.24) is 5.32 Å². The van der Waals surface area contributed by atoms with Crippen LogP contribution in [0.3, 0.4) is 0 Å². The summed E-state index contributed by atoms with van der Waals surface area (Å²) >= 11 is 3.44. The van der Waals surface area contributed by atoms with Gasteiger partial charge in [0.1, 0.15) is 0 Å². The van der Waals surface area contributed by atoms with Gasteiger partial charge < -0.3 is 5.32 Å². The van der Waals surface area contributed by atoms with Gasteiger partial charge in [-0.3, -0.25) is 0 Å². The van der Waals surface area contributed by atoms with Crippen LogP contribution in [0.15, 0.2) is 40.4 Å². The lowest BCUT2D eigenvalue weighted by Crippen LogP contribution is -2.18. The third-order valence-electron chi connectivity index (χ3n) is 2.30. The zero-order chi connectivity index (χ0) is 11.3. The summed E-state index contributed by atoms with van der Waals surface area (Å²) in [6.07, 6.45) is 2.20. The molecular formula is C13H18BrN. The van der Waals surface area contributed by atoms with Crippen molar-refractivity contribution < 1.29 is 0 Å². The van der Waals surface area contributed by atoms with E-state index in [1.165, 1.54) is 11.1 Å². The maximum atomic E-state index is 3.46. The van der Waals surface area contributed by atoms with Crippen molar-refractivity contribution in [2.75, 3.05) is 6.54 Å². The summed E-state index contributed by atoms with van der Waals surface area (Å²) in [5.41, 5.74) is 2.67. The molecule has 0 saturated heterocycles. The van der Waals surface area contributed by atoms with Gasteiger partial charge in [-0.15, -0.1) is 0 Å². The highest BCUT2D eigenvalue weighted by Crippen LogP contribution is 2.16. The Labute approximate surface area is 101 Å². The first kappa shape index (κ1) is 12.5. The van der Waals surface area contributed by atoms with Crippen LogP contribution < -0.4 is 5.32 Å². The second-order valence-corrected chi connectivity index (χ2v) is 4.88. The summed E-state index contributed by atoms with van der Waals surface area (Å²) in [6.45, 7) is 7.35. The van der Waals surface area contributed by atoms with Gasteiger partial charge in [0, 0.05) is 17.1 Å². The molecule has 0 fully saturated rings. The molecule has 0 aliphatic rings. The highest BCUT2D eigenvalue weighted by molar-refractivity contribution is 9.10. The van der Waals surface area contributed by atoms with Gasteiger partial charge in [0.05, 0.1) is 0 Å². The van der Waals surface area contributed by atoms with E-state index in [1.54, 1.807) is 0 Å². The Morgan fingerprint density at radius 2 is 1.93 bits per heavy atom. The molecule has 0 aliphatic heterocycles. The quantitative estimate of drug-likeness (QED) is 0.812. The molecule has 0 aromatic heterocycles. The summed E-state index contributed by atoms with van der Waals surface area (Å²) in [7, 11) is 0. The van der Waals surface area contributed by atoms with E-state index >= 15 is 0 Å². The Balaban J connectivity index is 2.50. The minimum Gasteiger partial charge on any atom is -0.307 e. The number of rotatable bonds is 4. The van der Waals surface area contributed by atoms with Gasteiger partial charge in [-0.25, -0.2) is 0 Å². The smallest absolute Gasteiger partial charge is 0.0294 e. The third kappa shape index (κ3) is 4.63. The minimum absolute atomic E-state index is 0.397. The summed E-state index contributed by atoms with van der Waals surface area (Å²) in [5, 5.41) is 3.46. The van der Waals surface area contributed by atoms with Crippen LogP contribution in [0, 0.1) is 0 Å². The van der Waals surface area contributed by atoms with Crippen molar-refractivity contribution in [2.24, 2.45) is 0 Å². The van der Waals surface area contributed by atoms with Crippen molar-refractivity contribution in [1.29, 1.82) is 0 Å². The van der Waals surface area contributed by atoms with Crippen LogP contribution in [0.2, 0.25) is 0 Å². The molecule has 1 aromatic rings. The number of nitrogens with one attached hydrogen (secondary N) is 1. The predicted octanol–water partition coefficient (Wildman–Crippen LogP) is 4.07. The normalized spacial score (nSPS) is 12.3. The third-order valence-corrected chi connectivity index (χ3v) is 2.83. The standard InChI is InChI=1S/C13H18BrN/c1-10(2)8-9-15-11(3)12-4-6-13(14)7-5-12/h4-8,11,15H,9H2,1-3H3/t11-/m1/s1. The van der Waals surface area contributed by atoms with Gasteiger partial charge >= 0.3 is 0 Å². The summed E-state index contributed by atoms with van der Waals surface area (Å²) in [4.78, 5) is 0. The van der Waals surface area contributed by atoms with Gasteiger partial charge in [-0.2, -0.15) is 0 Å². The molecule has 82 valence electrons. The zero-order valence-corrected chi connectivity index (χ0v) is 11.1. The second kappa shape index (κ2) is 6.09. The number of benzene rings is 1. The van der Waals surface area contributed by atoms with Gasteiger partial charge in [0.15, 0.2) is 0 Å². The van der Waals surface area contributed by atoms with E-state index < -0.39 is 0 Å². The average molecular weight is 268 g/mol. The van der Waals surface area contributed by atoms with Crippen molar-refractivity contribution >= 4 is 15.9 Å². The van der Waals surface area contributed by atoms with Crippen LogP contribution in [0.5, 0.6) is 0 Å². The molecule has 0 aliphatic carbocycles. The van der Waals surface area contributed by atoms with E-state index in [0.29, 0.717) is 6.04 Å². The fraction of sp³-hybridized carbons (Fsp3) is 0.385. The van der Waals surface area contributed by atoms with Crippen molar-refractivity contribution in [3.8, 4) is 0 Å². The Kier molecular flexibility index (Phi) is 5.06. The first-order valence-electron chi connectivity index (χ1n) is 5.22. The van der Waals surface area contributed by atoms with E-state index in [9.17, 15) is 0 Å². The average Bonchev–Trinajstić information content (AvgIpc) is 2.18. The van der Waals surface area contributed by atoms with Crippen LogP contribution in [0.25, 0.3) is 0 Å². The molecule has 1 atom stereocenters. The number of hydrogen-bond donors (Lipinski definition) is 1. The number of hydrogen-bond acceptors (Lipinski definition) is 1. The number of allylic oxidation sites excluding steroid dienone is 1. The SMILES string of the molecule is CC(C)=CCN[C@H](C)c1ccc(Br)cc1. The van der Waals surface area contributed by atoms with Gasteiger partial charge in [-0.1, -0.05) is 39.7 Å². The molecule has 0 amide bonds. The molecular weight excluding hydrogens is 250 g/mol. The highest BCUT2D eigenvalue weighted by Gasteiger charge is 2.02. The Morgan fingerprint density at radius 3 is 2.47 bits per heavy atom. The molecule has 1 N–H and O–H groups in total. The van der Waals surface area contributed by atoms with Crippen molar-refractivity contribution in [3.63, 3.8) is 0 Å². The maximum Gasteiger partial charge on any atom is 0.0294 e. The molecule has 15 heavy (non-hydrogen) atoms. The molecule has 2 heteroatoms. The van der Waals surface area contributed by atoms with E-state index in [4.69, 9.17) is 0 Å². The monoisotopic (exact) mass is 267 g/mol. The Hall–Kier alpha value is -0.600. The first-order valence-corrected chi connectivity index (χ1v) is 6.01. The largest absolute Gasteiger partial charge is 0.307 e. The summed E-state index contributed by atoms with van der Waals surface area (Å²) in [5.74, 6) is 0. The molecule has 0 unspecified atom stereocenters. The van der Waals surface area contributed by atoms with Gasteiger partial charge in [-0.05, 0) is 38.5 Å². The predicted molar refractivity (Wildman–Crippen MR) is 70.0 cm³/mol. The highest BCUT2D eigenvalue weighted by atomic mass is 79.9. The molecule has 0 spiro atoms. The molecule has 0 radical (unpaired) electrons. The maximum absolute atomic E-state index is 3.46. The summed E-state index contributed by atoms with van der Waals surface area (Å²) < 4.78 is 1.13. The fourth-order valence-electron chi connectivity index (χ4n) is 1.31. The topological polar surface area (TPSA) is 12.0 Å². The Bertz CT molecular complexity index is 323. The van der Waals surface area contributed by atoms with E-state index in [2.05, 4.69) is 72.4 Å². The molecule has 1 rings (SSSR count). The number of halogens is 1. The van der Waals surface area contributed by atoms with Crippen LogP contribution in [-0.4, -0.2) is 6.54 Å². The molecule has 0 heterocycles. The lowest BCUT2D eigenvalue weighted by molar-refractivity contribution is 0.616. The lowest BCUT2D eigenvalue weighted by Gasteiger charge is -2.12. The lowest BCUT2D eigenvalue weighted by atomic mass is 10.1. The van der Waals surface area contributed by atoms with Crippen LogP contribution in [0.4, 0.5) is 0 Å². The van der Waals surface area contributed by atoms with E-state index in [-0.39, 0.29) is 0 Å². The Morgan fingerprint density at radius 1 is 1.33 bits per heavy atom. The minimum atomic E-state index is 0.397. The zero-order valence-electron chi connectivity index (χ0n) is 9.55. The van der Waals surface area contributed by atoms with E-state index in [0.717, 1.165) is 11.0 Å². The van der Waals surface area contributed by atoms with Gasteiger partial charge in [0.25, 0.3) is 0 Å². The summed E-state index contributed by atoms with van der Waals surface area (Å²) in [6, 6.07) is 8.84.